The molecular weight excluding hydrogens is 257 g/mol. The summed E-state index contributed by atoms with van der Waals surface area (Å²) < 4.78 is 10.6. The van der Waals surface area contributed by atoms with Crippen LogP contribution in [0.4, 0.5) is 0 Å². The maximum absolute atomic E-state index is 9.34. The van der Waals surface area contributed by atoms with E-state index in [0.717, 1.165) is 12.1 Å². The van der Waals surface area contributed by atoms with Crippen LogP contribution in [0, 0.1) is 0 Å². The van der Waals surface area contributed by atoms with Crippen molar-refractivity contribution in [2.24, 2.45) is 0 Å². The molecule has 6 heteroatoms. The first-order chi connectivity index (χ1) is 9.43. The first-order valence-electron chi connectivity index (χ1n) is 6.77. The highest BCUT2D eigenvalue weighted by molar-refractivity contribution is 6.59. The van der Waals surface area contributed by atoms with Gasteiger partial charge in [-0.25, -0.2) is 0 Å². The first-order valence-corrected chi connectivity index (χ1v) is 6.77. The van der Waals surface area contributed by atoms with Crippen molar-refractivity contribution in [3.8, 4) is 5.75 Å². The number of methoxy groups -OCH3 is 1. The van der Waals surface area contributed by atoms with Crippen LogP contribution in [0.15, 0.2) is 18.2 Å². The number of ether oxygens (including phenoxy) is 2. The van der Waals surface area contributed by atoms with Gasteiger partial charge >= 0.3 is 7.12 Å². The van der Waals surface area contributed by atoms with E-state index in [4.69, 9.17) is 9.47 Å². The molecule has 0 atom stereocenters. The van der Waals surface area contributed by atoms with Gasteiger partial charge in [0.15, 0.2) is 0 Å². The fraction of sp³-hybridized carbons (Fsp3) is 0.571. The second-order valence-electron chi connectivity index (χ2n) is 5.11. The lowest BCUT2D eigenvalue weighted by Crippen LogP contribution is -2.32. The summed E-state index contributed by atoms with van der Waals surface area (Å²) >= 11 is 0. The molecule has 0 heterocycles. The molecule has 0 aliphatic rings. The van der Waals surface area contributed by atoms with Crippen molar-refractivity contribution in [1.82, 2.24) is 4.90 Å². The van der Waals surface area contributed by atoms with Gasteiger partial charge in [0.1, 0.15) is 5.75 Å². The molecule has 0 bridgehead atoms. The molecule has 20 heavy (non-hydrogen) atoms. The Balaban J connectivity index is 2.61. The average Bonchev–Trinajstić information content (AvgIpc) is 2.38. The molecule has 1 rings (SSSR count). The normalized spacial score (nSPS) is 11.2. The lowest BCUT2D eigenvalue weighted by atomic mass is 9.78. The highest BCUT2D eigenvalue weighted by Gasteiger charge is 2.17. The van der Waals surface area contributed by atoms with Crippen molar-refractivity contribution in [2.45, 2.75) is 26.5 Å². The van der Waals surface area contributed by atoms with Gasteiger partial charge in [0.25, 0.3) is 0 Å². The molecule has 0 saturated heterocycles. The standard InChI is InChI=1S/C14H24BNO4/c1-11(2)20-8-7-16(3)10-12-5-6-14(19-4)13(9-12)15(17)18/h5-6,9,11,17-18H,7-8,10H2,1-4H3. The SMILES string of the molecule is COc1ccc(CN(C)CCOC(C)C)cc1B(O)O. The Morgan fingerprint density at radius 1 is 1.30 bits per heavy atom. The van der Waals surface area contributed by atoms with E-state index >= 15 is 0 Å². The van der Waals surface area contributed by atoms with Gasteiger partial charge in [-0.05, 0) is 32.5 Å². The van der Waals surface area contributed by atoms with Gasteiger partial charge in [-0.2, -0.15) is 0 Å². The van der Waals surface area contributed by atoms with E-state index in [1.165, 1.54) is 7.11 Å². The Morgan fingerprint density at radius 3 is 2.55 bits per heavy atom. The zero-order valence-electron chi connectivity index (χ0n) is 12.7. The van der Waals surface area contributed by atoms with Crippen LogP contribution in [0.2, 0.25) is 0 Å². The van der Waals surface area contributed by atoms with E-state index < -0.39 is 7.12 Å². The van der Waals surface area contributed by atoms with E-state index in [1.807, 2.05) is 27.0 Å². The molecule has 112 valence electrons. The molecule has 0 amide bonds. The molecule has 1 aromatic rings. The molecular formula is C14H24BNO4. The molecule has 0 aliphatic heterocycles. The minimum Gasteiger partial charge on any atom is -0.497 e. The number of hydrogen-bond acceptors (Lipinski definition) is 5. The van der Waals surface area contributed by atoms with E-state index in [0.29, 0.717) is 24.4 Å². The van der Waals surface area contributed by atoms with Crippen LogP contribution in [0.1, 0.15) is 19.4 Å². The number of likely N-dealkylation sites (N-methyl/N-ethyl adjacent to an activating group) is 1. The van der Waals surface area contributed by atoms with Crippen molar-refractivity contribution in [1.29, 1.82) is 0 Å². The van der Waals surface area contributed by atoms with Crippen molar-refractivity contribution < 1.29 is 19.5 Å². The molecule has 0 fully saturated rings. The van der Waals surface area contributed by atoms with Gasteiger partial charge in [-0.1, -0.05) is 12.1 Å². The molecule has 0 aromatic heterocycles. The van der Waals surface area contributed by atoms with E-state index in [-0.39, 0.29) is 6.10 Å². The van der Waals surface area contributed by atoms with E-state index in [2.05, 4.69) is 4.90 Å². The summed E-state index contributed by atoms with van der Waals surface area (Å²) in [4.78, 5) is 2.12. The monoisotopic (exact) mass is 281 g/mol. The number of hydrogen-bond donors (Lipinski definition) is 2. The van der Waals surface area contributed by atoms with Crippen LogP contribution in [-0.2, 0) is 11.3 Å². The summed E-state index contributed by atoms with van der Waals surface area (Å²) in [6.07, 6.45) is 0.237. The lowest BCUT2D eigenvalue weighted by Gasteiger charge is -2.18. The van der Waals surface area contributed by atoms with Crippen LogP contribution in [0.3, 0.4) is 0 Å². The Bertz CT molecular complexity index is 412. The Labute approximate surface area is 121 Å². The zero-order chi connectivity index (χ0) is 15.1. The Morgan fingerprint density at radius 2 is 2.00 bits per heavy atom. The second-order valence-corrected chi connectivity index (χ2v) is 5.11. The van der Waals surface area contributed by atoms with Crippen molar-refractivity contribution >= 4 is 12.6 Å². The van der Waals surface area contributed by atoms with Crippen LogP contribution in [-0.4, -0.2) is 55.5 Å². The zero-order valence-corrected chi connectivity index (χ0v) is 12.7. The third-order valence-electron chi connectivity index (χ3n) is 2.95. The highest BCUT2D eigenvalue weighted by Crippen LogP contribution is 2.11. The summed E-state index contributed by atoms with van der Waals surface area (Å²) in [6, 6.07) is 5.43. The highest BCUT2D eigenvalue weighted by atomic mass is 16.5. The van der Waals surface area contributed by atoms with Crippen LogP contribution < -0.4 is 10.2 Å². The molecule has 0 spiro atoms. The molecule has 0 saturated carbocycles. The van der Waals surface area contributed by atoms with Crippen molar-refractivity contribution in [3.63, 3.8) is 0 Å². The minimum atomic E-state index is -1.53. The summed E-state index contributed by atoms with van der Waals surface area (Å²) in [5.74, 6) is 0.481. The van der Waals surface area contributed by atoms with Crippen LogP contribution in [0.5, 0.6) is 5.75 Å². The van der Waals surface area contributed by atoms with Gasteiger partial charge in [0, 0.05) is 18.6 Å². The largest absolute Gasteiger partial charge is 0.497 e. The van der Waals surface area contributed by atoms with E-state index in [1.54, 1.807) is 12.1 Å². The number of rotatable bonds is 8. The third kappa shape index (κ3) is 5.50. The smallest absolute Gasteiger partial charge is 0.492 e. The van der Waals surface area contributed by atoms with Gasteiger partial charge in [0.05, 0.1) is 19.8 Å². The predicted octanol–water partition coefficient (Wildman–Crippen LogP) is 0.232. The average molecular weight is 281 g/mol. The third-order valence-corrected chi connectivity index (χ3v) is 2.95. The Hall–Kier alpha value is -1.08. The van der Waals surface area contributed by atoms with Gasteiger partial charge < -0.3 is 19.5 Å². The maximum atomic E-state index is 9.34. The predicted molar refractivity (Wildman–Crippen MR) is 80.2 cm³/mol. The quantitative estimate of drug-likeness (QED) is 0.668. The fourth-order valence-corrected chi connectivity index (χ4v) is 1.92. The van der Waals surface area contributed by atoms with Gasteiger partial charge in [0.2, 0.25) is 0 Å². The summed E-state index contributed by atoms with van der Waals surface area (Å²) in [7, 11) is 1.98. The van der Waals surface area contributed by atoms with Crippen molar-refractivity contribution in [2.75, 3.05) is 27.3 Å². The number of nitrogens with zero attached hydrogens (tertiary/aromatic N) is 1. The second kappa shape index (κ2) is 8.27. The minimum absolute atomic E-state index is 0.237. The van der Waals surface area contributed by atoms with Crippen LogP contribution in [0.25, 0.3) is 0 Å². The lowest BCUT2D eigenvalue weighted by molar-refractivity contribution is 0.0627. The summed E-state index contributed by atoms with van der Waals surface area (Å²) in [5, 5.41) is 18.7. The topological polar surface area (TPSA) is 62.2 Å². The first kappa shape index (κ1) is 17.0. The fourth-order valence-electron chi connectivity index (χ4n) is 1.92. The molecule has 1 aromatic carbocycles. The number of benzene rings is 1. The van der Waals surface area contributed by atoms with Crippen LogP contribution >= 0.6 is 0 Å². The summed E-state index contributed by atoms with van der Waals surface area (Å²) in [5.41, 5.74) is 1.39. The van der Waals surface area contributed by atoms with Gasteiger partial charge in [-0.15, -0.1) is 0 Å². The molecule has 5 nitrogen and oxygen atoms in total. The molecule has 0 radical (unpaired) electrons. The Kier molecular flexibility index (Phi) is 7.02. The van der Waals surface area contributed by atoms with Crippen molar-refractivity contribution in [3.05, 3.63) is 23.8 Å². The molecule has 0 unspecified atom stereocenters. The molecule has 2 N–H and O–H groups in total. The van der Waals surface area contributed by atoms with Gasteiger partial charge in [-0.3, -0.25) is 4.90 Å². The molecule has 0 aliphatic carbocycles. The maximum Gasteiger partial charge on any atom is 0.492 e. The summed E-state index contributed by atoms with van der Waals surface area (Å²) in [6.45, 7) is 6.24. The van der Waals surface area contributed by atoms with E-state index in [9.17, 15) is 10.0 Å².